The van der Waals surface area contributed by atoms with Gasteiger partial charge in [-0.15, -0.1) is 0 Å². The summed E-state index contributed by atoms with van der Waals surface area (Å²) < 4.78 is 4.13. The second-order valence-corrected chi connectivity index (χ2v) is 7.28. The summed E-state index contributed by atoms with van der Waals surface area (Å²) in [6.07, 6.45) is 14.1. The van der Waals surface area contributed by atoms with Gasteiger partial charge < -0.3 is 14.0 Å². The van der Waals surface area contributed by atoms with E-state index >= 15 is 0 Å². The van der Waals surface area contributed by atoms with Gasteiger partial charge in [-0.1, -0.05) is 13.0 Å². The number of rotatable bonds is 6. The normalized spacial score (nSPS) is 17.0. The molecule has 0 spiro atoms. The van der Waals surface area contributed by atoms with Crippen LogP contribution in [0.5, 0.6) is 0 Å². The van der Waals surface area contributed by atoms with Gasteiger partial charge in [0, 0.05) is 62.6 Å². The molecule has 0 aliphatic carbocycles. The topological polar surface area (TPSA) is 68.8 Å². The highest BCUT2D eigenvalue weighted by atomic mass is 16.2. The van der Waals surface area contributed by atoms with Gasteiger partial charge in [0.05, 0.1) is 6.54 Å². The molecule has 1 atom stereocenters. The number of pyridine rings is 1. The maximum absolute atomic E-state index is 12.9. The van der Waals surface area contributed by atoms with Crippen molar-refractivity contribution >= 4 is 5.91 Å². The number of nitrogens with zero attached hydrogens (tertiary/aromatic N) is 6. The zero-order valence-corrected chi connectivity index (χ0v) is 16.2. The van der Waals surface area contributed by atoms with Crippen molar-refractivity contribution in [3.8, 4) is 0 Å². The van der Waals surface area contributed by atoms with Crippen molar-refractivity contribution in [2.45, 2.75) is 45.2 Å². The molecule has 0 radical (unpaired) electrons. The molecule has 1 unspecified atom stereocenters. The first-order valence-corrected chi connectivity index (χ1v) is 9.92. The van der Waals surface area contributed by atoms with Crippen LogP contribution in [0, 0.1) is 0 Å². The number of aromatic nitrogens is 5. The average molecular weight is 378 g/mol. The van der Waals surface area contributed by atoms with E-state index in [1.165, 1.54) is 0 Å². The Balaban J connectivity index is 1.44. The zero-order chi connectivity index (χ0) is 19.3. The summed E-state index contributed by atoms with van der Waals surface area (Å²) >= 11 is 0. The molecule has 0 aromatic carbocycles. The van der Waals surface area contributed by atoms with Gasteiger partial charge >= 0.3 is 0 Å². The summed E-state index contributed by atoms with van der Waals surface area (Å²) in [6.45, 7) is 4.71. The van der Waals surface area contributed by atoms with Crippen LogP contribution in [0.2, 0.25) is 0 Å². The molecule has 146 valence electrons. The molecule has 7 nitrogen and oxygen atoms in total. The first-order chi connectivity index (χ1) is 13.7. The van der Waals surface area contributed by atoms with E-state index in [1.54, 1.807) is 12.4 Å². The van der Waals surface area contributed by atoms with Gasteiger partial charge in [0.25, 0.3) is 0 Å². The predicted octanol–water partition coefficient (Wildman–Crippen LogP) is 2.49. The molecule has 1 saturated heterocycles. The molecule has 4 heterocycles. The van der Waals surface area contributed by atoms with E-state index in [4.69, 9.17) is 0 Å². The molecular formula is C21H26N6O. The molecular weight excluding hydrogens is 352 g/mol. The van der Waals surface area contributed by atoms with Crippen LogP contribution in [-0.2, 0) is 24.3 Å². The van der Waals surface area contributed by atoms with Crippen LogP contribution in [0.4, 0.5) is 0 Å². The van der Waals surface area contributed by atoms with Crippen molar-refractivity contribution in [2.24, 2.45) is 0 Å². The molecule has 1 aliphatic rings. The number of amides is 1. The minimum absolute atomic E-state index is 0.155. The third kappa shape index (κ3) is 3.98. The third-order valence-corrected chi connectivity index (χ3v) is 5.39. The van der Waals surface area contributed by atoms with Crippen LogP contribution in [-0.4, -0.2) is 48.0 Å². The van der Waals surface area contributed by atoms with E-state index < -0.39 is 0 Å². The number of carbonyl (C=O) groups excluding carboxylic acids is 1. The lowest BCUT2D eigenvalue weighted by molar-refractivity contribution is -0.133. The summed E-state index contributed by atoms with van der Waals surface area (Å²) in [4.78, 5) is 28.0. The Morgan fingerprint density at radius 3 is 2.86 bits per heavy atom. The molecule has 3 aromatic rings. The predicted molar refractivity (Wildman–Crippen MR) is 106 cm³/mol. The molecule has 3 aromatic heterocycles. The van der Waals surface area contributed by atoms with Crippen molar-refractivity contribution < 1.29 is 4.79 Å². The quantitative estimate of drug-likeness (QED) is 0.661. The molecule has 0 bridgehead atoms. The highest BCUT2D eigenvalue weighted by Crippen LogP contribution is 2.26. The van der Waals surface area contributed by atoms with Crippen LogP contribution in [0.15, 0.2) is 49.3 Å². The van der Waals surface area contributed by atoms with E-state index in [-0.39, 0.29) is 11.8 Å². The van der Waals surface area contributed by atoms with Gasteiger partial charge in [-0.25, -0.2) is 9.97 Å². The van der Waals surface area contributed by atoms with Crippen molar-refractivity contribution in [2.75, 3.05) is 13.1 Å². The SMILES string of the molecule is CCc1nccn1CC(=O)N1CCCC(c2nccn2Cc2cccnc2)C1. The number of hydrogen-bond acceptors (Lipinski definition) is 4. The Labute approximate surface area is 165 Å². The van der Waals surface area contributed by atoms with E-state index in [0.717, 1.165) is 56.1 Å². The number of piperidine rings is 1. The summed E-state index contributed by atoms with van der Waals surface area (Å²) in [5, 5.41) is 0. The Bertz CT molecular complexity index is 916. The fourth-order valence-electron chi connectivity index (χ4n) is 3.96. The van der Waals surface area contributed by atoms with E-state index in [2.05, 4.69) is 32.5 Å². The number of imidazole rings is 2. The number of hydrogen-bond donors (Lipinski definition) is 0. The molecule has 1 amide bonds. The Morgan fingerprint density at radius 2 is 2.04 bits per heavy atom. The van der Waals surface area contributed by atoms with E-state index in [1.807, 2.05) is 40.3 Å². The standard InChI is InChI=1S/C21H26N6O/c1-2-19-23-8-11-25(19)16-20(28)26-10-4-6-18(15-26)21-24-9-12-27(21)14-17-5-3-7-22-13-17/h3,5,7-9,11-13,18H,2,4,6,10,14-16H2,1H3. The lowest BCUT2D eigenvalue weighted by atomic mass is 9.97. The van der Waals surface area contributed by atoms with E-state index in [0.29, 0.717) is 6.54 Å². The van der Waals surface area contributed by atoms with Gasteiger partial charge in [-0.2, -0.15) is 0 Å². The highest BCUT2D eigenvalue weighted by Gasteiger charge is 2.27. The minimum atomic E-state index is 0.155. The van der Waals surface area contributed by atoms with Gasteiger partial charge in [-0.05, 0) is 24.5 Å². The second-order valence-electron chi connectivity index (χ2n) is 7.28. The lowest BCUT2D eigenvalue weighted by Gasteiger charge is -2.33. The maximum Gasteiger partial charge on any atom is 0.242 e. The smallest absolute Gasteiger partial charge is 0.242 e. The van der Waals surface area contributed by atoms with Gasteiger partial charge in [0.2, 0.25) is 5.91 Å². The Kier molecular flexibility index (Phi) is 5.50. The first kappa shape index (κ1) is 18.4. The second kappa shape index (κ2) is 8.37. The number of likely N-dealkylation sites (tertiary alicyclic amines) is 1. The molecule has 1 aliphatic heterocycles. The van der Waals surface area contributed by atoms with Crippen molar-refractivity contribution in [3.05, 3.63) is 66.5 Å². The first-order valence-electron chi connectivity index (χ1n) is 9.92. The Hall–Kier alpha value is -2.96. The minimum Gasteiger partial charge on any atom is -0.340 e. The van der Waals surface area contributed by atoms with Crippen molar-refractivity contribution in [1.82, 2.24) is 29.0 Å². The molecule has 4 rings (SSSR count). The molecule has 7 heteroatoms. The average Bonchev–Trinajstić information content (AvgIpc) is 3.38. The fourth-order valence-corrected chi connectivity index (χ4v) is 3.96. The largest absolute Gasteiger partial charge is 0.340 e. The van der Waals surface area contributed by atoms with Gasteiger partial charge in [0.15, 0.2) is 0 Å². The summed E-state index contributed by atoms with van der Waals surface area (Å²) in [6, 6.07) is 4.03. The molecule has 1 fully saturated rings. The zero-order valence-electron chi connectivity index (χ0n) is 16.2. The monoisotopic (exact) mass is 378 g/mol. The van der Waals surface area contributed by atoms with Gasteiger partial charge in [0.1, 0.15) is 18.2 Å². The maximum atomic E-state index is 12.9. The number of carbonyl (C=O) groups is 1. The lowest BCUT2D eigenvalue weighted by Crippen LogP contribution is -2.41. The van der Waals surface area contributed by atoms with E-state index in [9.17, 15) is 4.79 Å². The molecule has 0 saturated carbocycles. The number of aryl methyl sites for hydroxylation is 1. The molecule has 28 heavy (non-hydrogen) atoms. The fraction of sp³-hybridized carbons (Fsp3) is 0.429. The highest BCUT2D eigenvalue weighted by molar-refractivity contribution is 5.76. The summed E-state index contributed by atoms with van der Waals surface area (Å²) in [7, 11) is 0. The van der Waals surface area contributed by atoms with Crippen LogP contribution in [0.3, 0.4) is 0 Å². The third-order valence-electron chi connectivity index (χ3n) is 5.39. The molecule has 0 N–H and O–H groups in total. The van der Waals surface area contributed by atoms with Gasteiger partial charge in [-0.3, -0.25) is 9.78 Å². The van der Waals surface area contributed by atoms with Crippen LogP contribution in [0.25, 0.3) is 0 Å². The summed E-state index contributed by atoms with van der Waals surface area (Å²) in [5.74, 6) is 2.42. The van der Waals surface area contributed by atoms with Crippen molar-refractivity contribution in [1.29, 1.82) is 0 Å². The van der Waals surface area contributed by atoms with Crippen molar-refractivity contribution in [3.63, 3.8) is 0 Å². The van der Waals surface area contributed by atoms with Crippen LogP contribution in [0.1, 0.15) is 42.9 Å². The Morgan fingerprint density at radius 1 is 1.18 bits per heavy atom. The van der Waals surface area contributed by atoms with Crippen LogP contribution >= 0.6 is 0 Å². The van der Waals surface area contributed by atoms with Crippen LogP contribution < -0.4 is 0 Å². The summed E-state index contributed by atoms with van der Waals surface area (Å²) in [5.41, 5.74) is 1.15.